The lowest BCUT2D eigenvalue weighted by Crippen LogP contribution is -2.52. The lowest BCUT2D eigenvalue weighted by Gasteiger charge is -2.37. The third-order valence-corrected chi connectivity index (χ3v) is 3.67. The molecule has 1 aromatic rings. The van der Waals surface area contributed by atoms with Gasteiger partial charge < -0.3 is 10.2 Å². The van der Waals surface area contributed by atoms with E-state index < -0.39 is 11.6 Å². The fraction of sp³-hybridized carbons (Fsp3) is 0.500. The lowest BCUT2D eigenvalue weighted by atomic mass is 10.1. The largest absolute Gasteiger partial charge is 0.379 e. The Morgan fingerprint density at radius 2 is 1.95 bits per heavy atom. The number of nitriles is 1. The normalized spacial score (nSPS) is 20.6. The van der Waals surface area contributed by atoms with Gasteiger partial charge in [0.2, 0.25) is 0 Å². The molecule has 4 nitrogen and oxygen atoms in total. The number of benzene rings is 1. The van der Waals surface area contributed by atoms with Crippen molar-refractivity contribution in [2.24, 2.45) is 0 Å². The summed E-state index contributed by atoms with van der Waals surface area (Å²) in [6, 6.07) is 4.02. The van der Waals surface area contributed by atoms with Gasteiger partial charge in [0.25, 0.3) is 0 Å². The minimum atomic E-state index is -0.728. The zero-order valence-corrected chi connectivity index (χ0v) is 11.7. The van der Waals surface area contributed by atoms with Gasteiger partial charge in [-0.1, -0.05) is 0 Å². The molecule has 0 aliphatic carbocycles. The Hall–Kier alpha value is -1.71. The van der Waals surface area contributed by atoms with Gasteiger partial charge in [-0.15, -0.1) is 0 Å². The summed E-state index contributed by atoms with van der Waals surface area (Å²) in [5.41, 5.74) is -0.175. The fourth-order valence-corrected chi connectivity index (χ4v) is 2.35. The smallest absolute Gasteiger partial charge is 0.150 e. The van der Waals surface area contributed by atoms with Crippen molar-refractivity contribution in [2.45, 2.75) is 6.04 Å². The molecule has 1 fully saturated rings. The number of anilines is 1. The highest BCUT2D eigenvalue weighted by molar-refractivity contribution is 5.50. The van der Waals surface area contributed by atoms with Crippen LogP contribution in [0.5, 0.6) is 0 Å². The van der Waals surface area contributed by atoms with Crippen LogP contribution in [0.2, 0.25) is 0 Å². The number of nitrogens with zero attached hydrogens (tertiary/aromatic N) is 3. The number of rotatable bonds is 3. The van der Waals surface area contributed by atoms with E-state index in [1.807, 2.05) is 14.1 Å². The molecule has 0 bridgehead atoms. The molecule has 1 atom stereocenters. The summed E-state index contributed by atoms with van der Waals surface area (Å²) >= 11 is 0. The molecule has 1 aromatic carbocycles. The van der Waals surface area contributed by atoms with Crippen LogP contribution in [0.15, 0.2) is 12.1 Å². The lowest BCUT2D eigenvalue weighted by molar-refractivity contribution is 0.121. The Bertz CT molecular complexity index is 503. The molecule has 0 saturated carbocycles. The number of nitrogens with one attached hydrogen (secondary N) is 1. The first-order chi connectivity index (χ1) is 9.51. The number of piperazine rings is 1. The van der Waals surface area contributed by atoms with Crippen molar-refractivity contribution in [3.8, 4) is 6.07 Å². The number of likely N-dealkylation sites (N-methyl/N-ethyl adjacent to an activating group) is 2. The van der Waals surface area contributed by atoms with Gasteiger partial charge in [-0.3, -0.25) is 4.90 Å². The number of halogens is 2. The Morgan fingerprint density at radius 3 is 2.55 bits per heavy atom. The van der Waals surface area contributed by atoms with Crippen molar-refractivity contribution < 1.29 is 8.78 Å². The predicted molar refractivity (Wildman–Crippen MR) is 73.5 cm³/mol. The molecule has 1 unspecified atom stereocenters. The van der Waals surface area contributed by atoms with Gasteiger partial charge in [0.1, 0.15) is 5.69 Å². The summed E-state index contributed by atoms with van der Waals surface area (Å²) < 4.78 is 27.5. The van der Waals surface area contributed by atoms with Gasteiger partial charge in [-0.05, 0) is 26.2 Å². The minimum absolute atomic E-state index is 0.0138. The van der Waals surface area contributed by atoms with Crippen LogP contribution >= 0.6 is 0 Å². The molecule has 1 saturated heterocycles. The van der Waals surface area contributed by atoms with Gasteiger partial charge in [-0.2, -0.15) is 5.26 Å². The standard InChI is InChI=1S/C14H18F2N4/c1-19-3-4-20(2)11(9-19)8-18-14-12(15)5-10(7-17)6-13(14)16/h5-6,11,18H,3-4,8-9H2,1-2H3. The average Bonchev–Trinajstić information content (AvgIpc) is 2.41. The molecule has 0 amide bonds. The SMILES string of the molecule is CN1CCN(C)C(CNc2c(F)cc(C#N)cc2F)C1. The van der Waals surface area contributed by atoms with Crippen molar-refractivity contribution in [1.29, 1.82) is 5.26 Å². The zero-order chi connectivity index (χ0) is 14.7. The van der Waals surface area contributed by atoms with E-state index in [-0.39, 0.29) is 17.3 Å². The molecule has 20 heavy (non-hydrogen) atoms. The molecule has 108 valence electrons. The van der Waals surface area contributed by atoms with Crippen molar-refractivity contribution in [3.05, 3.63) is 29.3 Å². The fourth-order valence-electron chi connectivity index (χ4n) is 2.35. The highest BCUT2D eigenvalue weighted by atomic mass is 19.1. The Morgan fingerprint density at radius 1 is 1.30 bits per heavy atom. The molecule has 1 aliphatic rings. The van der Waals surface area contributed by atoms with Gasteiger partial charge in [0.05, 0.1) is 11.6 Å². The summed E-state index contributed by atoms with van der Waals surface area (Å²) in [5.74, 6) is -1.46. The summed E-state index contributed by atoms with van der Waals surface area (Å²) in [5, 5.41) is 11.5. The first kappa shape index (κ1) is 14.7. The molecular weight excluding hydrogens is 262 g/mol. The molecule has 1 N–H and O–H groups in total. The van der Waals surface area contributed by atoms with Crippen LogP contribution in [-0.4, -0.2) is 56.1 Å². The van der Waals surface area contributed by atoms with Crippen LogP contribution in [0.25, 0.3) is 0 Å². The van der Waals surface area contributed by atoms with Gasteiger partial charge >= 0.3 is 0 Å². The first-order valence-corrected chi connectivity index (χ1v) is 6.53. The van der Waals surface area contributed by atoms with E-state index in [1.54, 1.807) is 6.07 Å². The maximum Gasteiger partial charge on any atom is 0.150 e. The average molecular weight is 280 g/mol. The topological polar surface area (TPSA) is 42.3 Å². The Labute approximate surface area is 117 Å². The molecule has 0 radical (unpaired) electrons. The van der Waals surface area contributed by atoms with E-state index in [4.69, 9.17) is 5.26 Å². The van der Waals surface area contributed by atoms with E-state index >= 15 is 0 Å². The molecule has 0 aromatic heterocycles. The Kier molecular flexibility index (Phi) is 4.53. The van der Waals surface area contributed by atoms with Crippen molar-refractivity contribution in [3.63, 3.8) is 0 Å². The van der Waals surface area contributed by atoms with Crippen molar-refractivity contribution in [2.75, 3.05) is 45.6 Å². The third kappa shape index (κ3) is 3.24. The highest BCUT2D eigenvalue weighted by Crippen LogP contribution is 2.21. The van der Waals surface area contributed by atoms with Crippen LogP contribution in [0, 0.1) is 23.0 Å². The Balaban J connectivity index is 2.06. The second-order valence-corrected chi connectivity index (χ2v) is 5.20. The van der Waals surface area contributed by atoms with Crippen LogP contribution < -0.4 is 5.32 Å². The second-order valence-electron chi connectivity index (χ2n) is 5.20. The molecule has 6 heteroatoms. The van der Waals surface area contributed by atoms with Crippen LogP contribution in [0.4, 0.5) is 14.5 Å². The first-order valence-electron chi connectivity index (χ1n) is 6.53. The van der Waals surface area contributed by atoms with Crippen molar-refractivity contribution >= 4 is 5.69 Å². The second kappa shape index (κ2) is 6.16. The van der Waals surface area contributed by atoms with Gasteiger partial charge in [0.15, 0.2) is 11.6 Å². The van der Waals surface area contributed by atoms with Crippen LogP contribution in [0.3, 0.4) is 0 Å². The molecular formula is C14H18F2N4. The summed E-state index contributed by atoms with van der Waals surface area (Å²) in [6.07, 6.45) is 0. The summed E-state index contributed by atoms with van der Waals surface area (Å²) in [6.45, 7) is 3.23. The number of hydrogen-bond donors (Lipinski definition) is 1. The van der Waals surface area contributed by atoms with E-state index in [9.17, 15) is 8.78 Å². The van der Waals surface area contributed by atoms with E-state index in [0.29, 0.717) is 6.54 Å². The van der Waals surface area contributed by atoms with Crippen molar-refractivity contribution in [1.82, 2.24) is 9.80 Å². The quantitative estimate of drug-likeness (QED) is 0.911. The van der Waals surface area contributed by atoms with Crippen LogP contribution in [0.1, 0.15) is 5.56 Å². The summed E-state index contributed by atoms with van der Waals surface area (Å²) in [7, 11) is 4.04. The monoisotopic (exact) mass is 280 g/mol. The van der Waals surface area contributed by atoms with Gasteiger partial charge in [0, 0.05) is 32.2 Å². The minimum Gasteiger partial charge on any atom is -0.379 e. The molecule has 1 heterocycles. The highest BCUT2D eigenvalue weighted by Gasteiger charge is 2.22. The maximum atomic E-state index is 13.7. The zero-order valence-electron chi connectivity index (χ0n) is 11.7. The third-order valence-electron chi connectivity index (χ3n) is 3.67. The molecule has 2 rings (SSSR count). The van der Waals surface area contributed by atoms with Crippen LogP contribution in [-0.2, 0) is 0 Å². The van der Waals surface area contributed by atoms with Gasteiger partial charge in [-0.25, -0.2) is 8.78 Å². The number of hydrogen-bond acceptors (Lipinski definition) is 4. The van der Waals surface area contributed by atoms with E-state index in [2.05, 4.69) is 15.1 Å². The molecule has 1 aliphatic heterocycles. The maximum absolute atomic E-state index is 13.7. The molecule has 0 spiro atoms. The van der Waals surface area contributed by atoms with E-state index in [1.165, 1.54) is 0 Å². The summed E-state index contributed by atoms with van der Waals surface area (Å²) in [4.78, 5) is 4.37. The van der Waals surface area contributed by atoms with E-state index in [0.717, 1.165) is 31.8 Å². The predicted octanol–water partition coefficient (Wildman–Crippen LogP) is 1.49.